The van der Waals surface area contributed by atoms with Crippen molar-refractivity contribution in [2.45, 2.75) is 57.4 Å². The summed E-state index contributed by atoms with van der Waals surface area (Å²) in [5.74, 6) is -0.356. The zero-order valence-corrected chi connectivity index (χ0v) is 20.1. The number of rotatable bonds is 6. The van der Waals surface area contributed by atoms with Gasteiger partial charge in [-0.2, -0.15) is 4.31 Å². The van der Waals surface area contributed by atoms with Gasteiger partial charge in [-0.05, 0) is 74.6 Å². The number of sulfonamides is 1. The monoisotopic (exact) mass is 472 g/mol. The van der Waals surface area contributed by atoms with Crippen LogP contribution < -0.4 is 10.9 Å². The lowest BCUT2D eigenvalue weighted by molar-refractivity contribution is 0.0962. The van der Waals surface area contributed by atoms with Crippen molar-refractivity contribution in [1.82, 2.24) is 14.7 Å². The van der Waals surface area contributed by atoms with Gasteiger partial charge in [-0.25, -0.2) is 13.4 Å². The van der Waals surface area contributed by atoms with Crippen molar-refractivity contribution in [3.63, 3.8) is 0 Å². The zero-order chi connectivity index (χ0) is 22.9. The summed E-state index contributed by atoms with van der Waals surface area (Å²) in [6, 6.07) is 10.3. The second-order valence-electron chi connectivity index (χ2n) is 8.22. The van der Waals surface area contributed by atoms with Crippen molar-refractivity contribution in [1.29, 1.82) is 0 Å². The summed E-state index contributed by atoms with van der Waals surface area (Å²) in [6.07, 6.45) is 3.64. The molecule has 170 valence electrons. The molecule has 0 saturated carbocycles. The van der Waals surface area contributed by atoms with E-state index < -0.39 is 10.0 Å². The number of piperidine rings is 1. The Morgan fingerprint density at radius 1 is 1.19 bits per heavy atom. The first-order valence-corrected chi connectivity index (χ1v) is 13.1. The maximum atomic E-state index is 13.1. The second-order valence-corrected chi connectivity index (χ2v) is 11.1. The molecule has 9 heteroatoms. The van der Waals surface area contributed by atoms with Crippen LogP contribution in [-0.4, -0.2) is 36.2 Å². The molecule has 0 radical (unpaired) electrons. The molecule has 0 aliphatic carbocycles. The highest BCUT2D eigenvalue weighted by Gasteiger charge is 2.32. The van der Waals surface area contributed by atoms with Crippen LogP contribution in [-0.2, 0) is 10.0 Å². The van der Waals surface area contributed by atoms with Gasteiger partial charge in [0.05, 0.1) is 15.1 Å². The first-order chi connectivity index (χ1) is 15.3. The third-order valence-electron chi connectivity index (χ3n) is 5.88. The zero-order valence-electron chi connectivity index (χ0n) is 18.5. The molecule has 2 aromatic carbocycles. The van der Waals surface area contributed by atoms with Gasteiger partial charge < -0.3 is 0 Å². The normalized spacial score (nSPS) is 17.4. The molecule has 1 atom stereocenters. The summed E-state index contributed by atoms with van der Waals surface area (Å²) in [5.41, 5.74) is 9.06. The van der Waals surface area contributed by atoms with Gasteiger partial charge in [0.25, 0.3) is 5.91 Å². The van der Waals surface area contributed by atoms with Crippen molar-refractivity contribution in [2.75, 3.05) is 12.0 Å². The topological polar surface area (TPSA) is 91.4 Å². The maximum absolute atomic E-state index is 13.1. The van der Waals surface area contributed by atoms with Crippen molar-refractivity contribution in [2.24, 2.45) is 0 Å². The van der Waals surface area contributed by atoms with Crippen LogP contribution in [0.5, 0.6) is 0 Å². The summed E-state index contributed by atoms with van der Waals surface area (Å²) in [5, 5.41) is 0.594. The van der Waals surface area contributed by atoms with Gasteiger partial charge in [-0.1, -0.05) is 30.7 Å². The van der Waals surface area contributed by atoms with Crippen LogP contribution in [0.25, 0.3) is 10.2 Å². The molecule has 1 aromatic heterocycles. The predicted molar refractivity (Wildman–Crippen MR) is 128 cm³/mol. The Kier molecular flexibility index (Phi) is 6.50. The number of benzene rings is 2. The van der Waals surface area contributed by atoms with Crippen molar-refractivity contribution >= 4 is 42.6 Å². The van der Waals surface area contributed by atoms with Crippen LogP contribution in [0, 0.1) is 13.8 Å². The maximum Gasteiger partial charge on any atom is 0.269 e. The molecule has 2 N–H and O–H groups in total. The standard InChI is InChI=1S/C23H28N4O3S2/c1-4-18-7-5-6-12-27(18)32(29,30)19-10-8-17(9-11-19)22(28)25-26-23-24-21-16(3)13-15(2)14-20(21)31-23/h8-11,13-14,18H,4-7,12H2,1-3H3,(H,24,26)(H,25,28)/t18-/m1/s1. The van der Waals surface area contributed by atoms with E-state index in [0.29, 0.717) is 17.2 Å². The molecule has 2 heterocycles. The number of nitrogens with one attached hydrogen (secondary N) is 2. The number of aryl methyl sites for hydroxylation is 2. The van der Waals surface area contributed by atoms with Gasteiger partial charge in [-0.3, -0.25) is 15.6 Å². The van der Waals surface area contributed by atoms with Gasteiger partial charge in [0.1, 0.15) is 0 Å². The summed E-state index contributed by atoms with van der Waals surface area (Å²) in [4.78, 5) is 17.3. The number of hydrogen-bond acceptors (Lipinski definition) is 6. The Bertz CT molecular complexity index is 1240. The van der Waals surface area contributed by atoms with E-state index in [1.165, 1.54) is 29.0 Å². The molecule has 1 aliphatic heterocycles. The minimum Gasteiger partial charge on any atom is -0.273 e. The second kappa shape index (κ2) is 9.17. The molecule has 3 aromatic rings. The van der Waals surface area contributed by atoms with Crippen LogP contribution in [0.4, 0.5) is 5.13 Å². The molecule has 1 fully saturated rings. The molecule has 0 unspecified atom stereocenters. The third kappa shape index (κ3) is 4.51. The van der Waals surface area contributed by atoms with E-state index in [1.807, 2.05) is 20.8 Å². The number of fused-ring (bicyclic) bond motifs is 1. The van der Waals surface area contributed by atoms with Gasteiger partial charge in [0.2, 0.25) is 15.2 Å². The summed E-state index contributed by atoms with van der Waals surface area (Å²) < 4.78 is 28.9. The number of hydrogen-bond donors (Lipinski definition) is 2. The molecular weight excluding hydrogens is 444 g/mol. The molecular formula is C23H28N4O3S2. The number of hydrazine groups is 1. The van der Waals surface area contributed by atoms with E-state index in [4.69, 9.17) is 0 Å². The van der Waals surface area contributed by atoms with Crippen LogP contribution >= 0.6 is 11.3 Å². The van der Waals surface area contributed by atoms with Gasteiger partial charge in [-0.15, -0.1) is 0 Å². The number of anilines is 1. The first-order valence-electron chi connectivity index (χ1n) is 10.9. The fourth-order valence-corrected chi connectivity index (χ4v) is 6.98. The Morgan fingerprint density at radius 3 is 2.66 bits per heavy atom. The van der Waals surface area contributed by atoms with E-state index in [2.05, 4.69) is 28.0 Å². The number of carbonyl (C=O) groups excluding carboxylic acids is 1. The fourth-order valence-electron chi connectivity index (χ4n) is 4.22. The van der Waals surface area contributed by atoms with Crippen LogP contribution in [0.2, 0.25) is 0 Å². The average molecular weight is 473 g/mol. The smallest absolute Gasteiger partial charge is 0.269 e. The Hall–Kier alpha value is -2.49. The Morgan fingerprint density at radius 2 is 1.94 bits per heavy atom. The van der Waals surface area contributed by atoms with Crippen molar-refractivity contribution < 1.29 is 13.2 Å². The number of carbonyl (C=O) groups is 1. The molecule has 1 aliphatic rings. The van der Waals surface area contributed by atoms with E-state index in [1.54, 1.807) is 16.4 Å². The molecule has 1 saturated heterocycles. The quantitative estimate of drug-likeness (QED) is 0.511. The highest BCUT2D eigenvalue weighted by Crippen LogP contribution is 2.29. The molecule has 7 nitrogen and oxygen atoms in total. The van der Waals surface area contributed by atoms with Crippen molar-refractivity contribution in [3.8, 4) is 0 Å². The number of nitrogens with zero attached hydrogens (tertiary/aromatic N) is 2. The van der Waals surface area contributed by atoms with E-state index in [0.717, 1.165) is 41.5 Å². The highest BCUT2D eigenvalue weighted by molar-refractivity contribution is 7.89. The van der Waals surface area contributed by atoms with Crippen molar-refractivity contribution in [3.05, 3.63) is 53.1 Å². The van der Waals surface area contributed by atoms with E-state index >= 15 is 0 Å². The Balaban J connectivity index is 1.45. The number of amides is 1. The minimum absolute atomic E-state index is 0.0437. The summed E-state index contributed by atoms with van der Waals surface area (Å²) in [7, 11) is -3.57. The molecule has 4 rings (SSSR count). The van der Waals surface area contributed by atoms with Crippen LogP contribution in [0.3, 0.4) is 0 Å². The lowest BCUT2D eigenvalue weighted by atomic mass is 10.0. The lowest BCUT2D eigenvalue weighted by Crippen LogP contribution is -2.43. The SMILES string of the molecule is CC[C@@H]1CCCCN1S(=O)(=O)c1ccc(C(=O)NNc2nc3c(C)cc(C)cc3s2)cc1. The molecule has 32 heavy (non-hydrogen) atoms. The van der Waals surface area contributed by atoms with Gasteiger partial charge in [0, 0.05) is 18.2 Å². The van der Waals surface area contributed by atoms with Gasteiger partial charge >= 0.3 is 0 Å². The minimum atomic E-state index is -3.57. The Labute approximate surface area is 192 Å². The average Bonchev–Trinajstić information content (AvgIpc) is 3.20. The largest absolute Gasteiger partial charge is 0.273 e. The summed E-state index contributed by atoms with van der Waals surface area (Å²) in [6.45, 7) is 6.62. The number of thiazole rings is 1. The lowest BCUT2D eigenvalue weighted by Gasteiger charge is -2.34. The first kappa shape index (κ1) is 22.7. The fraction of sp³-hybridized carbons (Fsp3) is 0.391. The molecule has 1 amide bonds. The van der Waals surface area contributed by atoms with E-state index in [9.17, 15) is 13.2 Å². The van der Waals surface area contributed by atoms with Gasteiger partial charge in [0.15, 0.2) is 0 Å². The highest BCUT2D eigenvalue weighted by atomic mass is 32.2. The molecule has 0 bridgehead atoms. The molecule has 0 spiro atoms. The van der Waals surface area contributed by atoms with Crippen LogP contribution in [0.1, 0.15) is 54.1 Å². The summed E-state index contributed by atoms with van der Waals surface area (Å²) >= 11 is 1.46. The van der Waals surface area contributed by atoms with Crippen LogP contribution in [0.15, 0.2) is 41.3 Å². The predicted octanol–water partition coefficient (Wildman–Crippen LogP) is 4.62. The number of aromatic nitrogens is 1. The third-order valence-corrected chi connectivity index (χ3v) is 8.76. The van der Waals surface area contributed by atoms with E-state index in [-0.39, 0.29) is 16.8 Å².